The maximum atomic E-state index is 9.14. The fourth-order valence-corrected chi connectivity index (χ4v) is 1.52. The Labute approximate surface area is 99.9 Å². The number of nitrogens with zero attached hydrogens (tertiary/aromatic N) is 1. The van der Waals surface area contributed by atoms with E-state index in [1.807, 2.05) is 38.1 Å². The highest BCUT2D eigenvalue weighted by Gasteiger charge is 2.07. The molecule has 0 radical (unpaired) electrons. The minimum atomic E-state index is -0.0419. The van der Waals surface area contributed by atoms with Crippen molar-refractivity contribution in [3.8, 4) is 5.75 Å². The van der Waals surface area contributed by atoms with Gasteiger partial charge in [0.1, 0.15) is 11.5 Å². The van der Waals surface area contributed by atoms with E-state index < -0.39 is 0 Å². The molecule has 1 heterocycles. The van der Waals surface area contributed by atoms with E-state index >= 15 is 0 Å². The predicted molar refractivity (Wildman–Crippen MR) is 62.7 cm³/mol. The average Bonchev–Trinajstić information content (AvgIpc) is 2.66. The highest BCUT2D eigenvalue weighted by molar-refractivity contribution is 5.32. The summed E-state index contributed by atoms with van der Waals surface area (Å²) in [7, 11) is 0. The molecule has 1 aromatic carbocycles. The molecule has 0 bridgehead atoms. The fourth-order valence-electron chi connectivity index (χ4n) is 1.52. The molecule has 0 fully saturated rings. The van der Waals surface area contributed by atoms with Crippen LogP contribution < -0.4 is 4.74 Å². The monoisotopic (exact) mass is 233 g/mol. The highest BCUT2D eigenvalue weighted by atomic mass is 16.5. The van der Waals surface area contributed by atoms with Gasteiger partial charge in [0.2, 0.25) is 5.89 Å². The molecule has 17 heavy (non-hydrogen) atoms. The van der Waals surface area contributed by atoms with Gasteiger partial charge in [-0.25, -0.2) is 4.98 Å². The first kappa shape index (κ1) is 11.7. The van der Waals surface area contributed by atoms with Crippen molar-refractivity contribution in [1.82, 2.24) is 4.98 Å². The first-order valence-electron chi connectivity index (χ1n) is 5.45. The van der Waals surface area contributed by atoms with E-state index in [4.69, 9.17) is 14.3 Å². The molecule has 0 saturated carbocycles. The summed E-state index contributed by atoms with van der Waals surface area (Å²) >= 11 is 0. The summed E-state index contributed by atoms with van der Waals surface area (Å²) in [6.07, 6.45) is 0. The lowest BCUT2D eigenvalue weighted by atomic mass is 10.2. The number of aryl methyl sites for hydroxylation is 2. The number of aromatic nitrogens is 1. The molecule has 4 heteroatoms. The van der Waals surface area contributed by atoms with E-state index in [9.17, 15) is 0 Å². The van der Waals surface area contributed by atoms with E-state index in [-0.39, 0.29) is 13.2 Å². The molecule has 2 rings (SSSR count). The molecule has 2 aromatic rings. The van der Waals surface area contributed by atoms with Crippen LogP contribution in [0.1, 0.15) is 22.9 Å². The largest absolute Gasteiger partial charge is 0.483 e. The second kappa shape index (κ2) is 5.01. The highest BCUT2D eigenvalue weighted by Crippen LogP contribution is 2.19. The Hall–Kier alpha value is -1.81. The van der Waals surface area contributed by atoms with Gasteiger partial charge in [-0.1, -0.05) is 18.2 Å². The number of hydrogen-bond donors (Lipinski definition) is 1. The van der Waals surface area contributed by atoms with E-state index in [0.717, 1.165) is 17.0 Å². The van der Waals surface area contributed by atoms with E-state index in [0.29, 0.717) is 11.6 Å². The van der Waals surface area contributed by atoms with Crippen LogP contribution in [0.15, 0.2) is 28.7 Å². The van der Waals surface area contributed by atoms with Crippen LogP contribution in [0.3, 0.4) is 0 Å². The molecule has 0 aliphatic rings. The zero-order chi connectivity index (χ0) is 12.3. The summed E-state index contributed by atoms with van der Waals surface area (Å²) in [5, 5.41) is 9.14. The van der Waals surface area contributed by atoms with E-state index in [1.54, 1.807) is 0 Å². The SMILES string of the molecule is Cc1nc(COc2ccccc2CO)oc1C. The van der Waals surface area contributed by atoms with E-state index in [2.05, 4.69) is 4.98 Å². The second-order valence-corrected chi connectivity index (χ2v) is 3.80. The lowest BCUT2D eigenvalue weighted by molar-refractivity contribution is 0.239. The van der Waals surface area contributed by atoms with Crippen LogP contribution in [0.25, 0.3) is 0 Å². The van der Waals surface area contributed by atoms with Crippen LogP contribution in [0.5, 0.6) is 5.75 Å². The van der Waals surface area contributed by atoms with Crippen LogP contribution >= 0.6 is 0 Å². The molecule has 1 N–H and O–H groups in total. The number of rotatable bonds is 4. The molecule has 0 saturated heterocycles. The second-order valence-electron chi connectivity index (χ2n) is 3.80. The van der Waals surface area contributed by atoms with Gasteiger partial charge in [-0.15, -0.1) is 0 Å². The van der Waals surface area contributed by atoms with Crippen LogP contribution in [0.4, 0.5) is 0 Å². The Morgan fingerprint density at radius 1 is 1.29 bits per heavy atom. The molecule has 0 amide bonds. The summed E-state index contributed by atoms with van der Waals surface area (Å²) in [5.41, 5.74) is 1.63. The lowest BCUT2D eigenvalue weighted by Crippen LogP contribution is -1.98. The Morgan fingerprint density at radius 3 is 2.71 bits per heavy atom. The van der Waals surface area contributed by atoms with Crippen molar-refractivity contribution in [2.24, 2.45) is 0 Å². The molecular formula is C13H15NO3. The predicted octanol–water partition coefficient (Wildman–Crippen LogP) is 2.36. The third kappa shape index (κ3) is 2.65. The zero-order valence-corrected chi connectivity index (χ0v) is 9.93. The molecule has 90 valence electrons. The van der Waals surface area contributed by atoms with Gasteiger partial charge < -0.3 is 14.3 Å². The Bertz CT molecular complexity index is 486. The Balaban J connectivity index is 2.07. The number of aliphatic hydroxyl groups excluding tert-OH is 1. The van der Waals surface area contributed by atoms with Gasteiger partial charge in [0.15, 0.2) is 6.61 Å². The standard InChI is InChI=1S/C13H15NO3/c1-9-10(2)17-13(14-9)8-16-12-6-4-3-5-11(12)7-15/h3-6,15H,7-8H2,1-2H3. The quantitative estimate of drug-likeness (QED) is 0.880. The first-order valence-corrected chi connectivity index (χ1v) is 5.45. The van der Waals surface area contributed by atoms with Crippen LogP contribution in [-0.2, 0) is 13.2 Å². The molecular weight excluding hydrogens is 218 g/mol. The third-order valence-corrected chi connectivity index (χ3v) is 2.57. The molecule has 0 aliphatic carbocycles. The minimum absolute atomic E-state index is 0.0419. The molecule has 0 aliphatic heterocycles. The topological polar surface area (TPSA) is 55.5 Å². The van der Waals surface area contributed by atoms with Crippen molar-refractivity contribution < 1.29 is 14.3 Å². The lowest BCUT2D eigenvalue weighted by Gasteiger charge is -2.07. The molecule has 1 aromatic heterocycles. The smallest absolute Gasteiger partial charge is 0.232 e. The molecule has 4 nitrogen and oxygen atoms in total. The normalized spacial score (nSPS) is 10.5. The van der Waals surface area contributed by atoms with Gasteiger partial charge in [0, 0.05) is 5.56 Å². The number of benzene rings is 1. The Kier molecular flexibility index (Phi) is 3.44. The van der Waals surface area contributed by atoms with Crippen molar-refractivity contribution in [3.05, 3.63) is 47.2 Å². The number of hydrogen-bond acceptors (Lipinski definition) is 4. The van der Waals surface area contributed by atoms with Gasteiger partial charge in [-0.2, -0.15) is 0 Å². The van der Waals surface area contributed by atoms with E-state index in [1.165, 1.54) is 0 Å². The van der Waals surface area contributed by atoms with Gasteiger partial charge >= 0.3 is 0 Å². The average molecular weight is 233 g/mol. The van der Waals surface area contributed by atoms with Crippen molar-refractivity contribution in [2.75, 3.05) is 0 Å². The zero-order valence-electron chi connectivity index (χ0n) is 9.93. The van der Waals surface area contributed by atoms with Gasteiger partial charge in [-0.3, -0.25) is 0 Å². The van der Waals surface area contributed by atoms with Crippen LogP contribution in [0.2, 0.25) is 0 Å². The third-order valence-electron chi connectivity index (χ3n) is 2.57. The maximum absolute atomic E-state index is 9.14. The van der Waals surface area contributed by atoms with Crippen LogP contribution in [0, 0.1) is 13.8 Å². The van der Waals surface area contributed by atoms with Crippen molar-refractivity contribution in [1.29, 1.82) is 0 Å². The van der Waals surface area contributed by atoms with Crippen molar-refractivity contribution >= 4 is 0 Å². The van der Waals surface area contributed by atoms with Crippen molar-refractivity contribution in [3.63, 3.8) is 0 Å². The summed E-state index contributed by atoms with van der Waals surface area (Å²) in [6.45, 7) is 3.99. The maximum Gasteiger partial charge on any atom is 0.232 e. The number of ether oxygens (including phenoxy) is 1. The fraction of sp³-hybridized carbons (Fsp3) is 0.308. The first-order chi connectivity index (χ1) is 8.20. The number of aliphatic hydroxyl groups is 1. The number of oxazole rings is 1. The van der Waals surface area contributed by atoms with Gasteiger partial charge in [-0.05, 0) is 19.9 Å². The van der Waals surface area contributed by atoms with Gasteiger partial charge in [0.25, 0.3) is 0 Å². The van der Waals surface area contributed by atoms with Crippen LogP contribution in [-0.4, -0.2) is 10.1 Å². The summed E-state index contributed by atoms with van der Waals surface area (Å²) in [6, 6.07) is 7.36. The van der Waals surface area contributed by atoms with Crippen molar-refractivity contribution in [2.45, 2.75) is 27.1 Å². The van der Waals surface area contributed by atoms with Gasteiger partial charge in [0.05, 0.1) is 12.3 Å². The number of para-hydroxylation sites is 1. The minimum Gasteiger partial charge on any atom is -0.483 e. The molecule has 0 spiro atoms. The Morgan fingerprint density at radius 2 is 2.06 bits per heavy atom. The summed E-state index contributed by atoms with van der Waals surface area (Å²) in [5.74, 6) is 2.01. The molecule has 0 atom stereocenters. The summed E-state index contributed by atoms with van der Waals surface area (Å²) < 4.78 is 11.0. The summed E-state index contributed by atoms with van der Waals surface area (Å²) in [4.78, 5) is 4.23. The molecule has 0 unspecified atom stereocenters.